The van der Waals surface area contributed by atoms with Gasteiger partial charge < -0.3 is 15.2 Å². The summed E-state index contributed by atoms with van der Waals surface area (Å²) in [6.07, 6.45) is 0.901. The molecule has 0 bridgehead atoms. The van der Waals surface area contributed by atoms with Crippen molar-refractivity contribution in [1.29, 1.82) is 0 Å². The van der Waals surface area contributed by atoms with Gasteiger partial charge in [-0.1, -0.05) is 24.3 Å². The van der Waals surface area contributed by atoms with E-state index >= 15 is 0 Å². The highest BCUT2D eigenvalue weighted by Crippen LogP contribution is 2.24. The van der Waals surface area contributed by atoms with Crippen molar-refractivity contribution in [2.75, 3.05) is 19.8 Å². The summed E-state index contributed by atoms with van der Waals surface area (Å²) in [5.74, 6) is 2.17. The van der Waals surface area contributed by atoms with Gasteiger partial charge in [-0.05, 0) is 74.5 Å². The van der Waals surface area contributed by atoms with Gasteiger partial charge in [-0.15, -0.1) is 0 Å². The number of benzene rings is 2. The minimum absolute atomic E-state index is 0.302. The fraction of sp³-hybridized carbons (Fsp3) is 0.400. The van der Waals surface area contributed by atoms with E-state index in [1.54, 1.807) is 0 Å². The van der Waals surface area contributed by atoms with E-state index in [-0.39, 0.29) is 0 Å². The van der Waals surface area contributed by atoms with Gasteiger partial charge in [-0.25, -0.2) is 0 Å². The van der Waals surface area contributed by atoms with Crippen molar-refractivity contribution >= 4 is 0 Å². The lowest BCUT2D eigenvalue weighted by Crippen LogP contribution is -2.15. The lowest BCUT2D eigenvalue weighted by molar-refractivity contribution is 0.296. The second-order valence-electron chi connectivity index (χ2n) is 5.84. The Morgan fingerprint density at radius 1 is 1.00 bits per heavy atom. The zero-order valence-electron chi connectivity index (χ0n) is 14.3. The third-order valence-electron chi connectivity index (χ3n) is 4.01. The van der Waals surface area contributed by atoms with E-state index in [2.05, 4.69) is 44.2 Å². The van der Waals surface area contributed by atoms with Gasteiger partial charge >= 0.3 is 0 Å². The second kappa shape index (κ2) is 8.59. The van der Waals surface area contributed by atoms with Crippen LogP contribution in [0.25, 0.3) is 0 Å². The lowest BCUT2D eigenvalue weighted by Gasteiger charge is -2.17. The van der Waals surface area contributed by atoms with Gasteiger partial charge in [0.2, 0.25) is 0 Å². The van der Waals surface area contributed by atoms with Crippen molar-refractivity contribution in [3.05, 3.63) is 59.2 Å². The van der Waals surface area contributed by atoms with Crippen molar-refractivity contribution < 1.29 is 9.47 Å². The van der Waals surface area contributed by atoms with Gasteiger partial charge in [-0.3, -0.25) is 0 Å². The molecule has 2 aromatic rings. The first-order valence-corrected chi connectivity index (χ1v) is 8.27. The highest BCUT2D eigenvalue weighted by Gasteiger charge is 2.11. The predicted octanol–water partition coefficient (Wildman–Crippen LogP) is 4.21. The van der Waals surface area contributed by atoms with Crippen LogP contribution in [0.3, 0.4) is 0 Å². The fourth-order valence-corrected chi connectivity index (χ4v) is 2.60. The van der Waals surface area contributed by atoms with Crippen LogP contribution < -0.4 is 15.2 Å². The molecule has 124 valence electrons. The average Bonchev–Trinajstić information content (AvgIpc) is 2.56. The van der Waals surface area contributed by atoms with Crippen molar-refractivity contribution in [2.24, 2.45) is 5.73 Å². The van der Waals surface area contributed by atoms with E-state index in [0.717, 1.165) is 17.9 Å². The van der Waals surface area contributed by atoms with Gasteiger partial charge in [0.15, 0.2) is 0 Å². The third-order valence-corrected chi connectivity index (χ3v) is 4.01. The first-order chi connectivity index (χ1) is 11.1. The average molecular weight is 313 g/mol. The third kappa shape index (κ3) is 5.00. The van der Waals surface area contributed by atoms with Gasteiger partial charge in [0, 0.05) is 0 Å². The van der Waals surface area contributed by atoms with E-state index in [4.69, 9.17) is 15.2 Å². The van der Waals surface area contributed by atoms with Crippen LogP contribution in [-0.2, 0) is 0 Å². The molecule has 0 fully saturated rings. The Morgan fingerprint density at radius 2 is 1.74 bits per heavy atom. The molecule has 2 aromatic carbocycles. The summed E-state index contributed by atoms with van der Waals surface area (Å²) >= 11 is 0. The number of nitrogens with two attached hydrogens (primary N) is 1. The standard InChI is InChI=1S/C20H27NO2/c1-4-22-19-9-7-17(8-10-19)18(14-21)11-12-23-20-13-15(2)5-6-16(20)3/h5-10,13,18H,4,11-12,14,21H2,1-3H3. The molecule has 23 heavy (non-hydrogen) atoms. The minimum atomic E-state index is 0.302. The van der Waals surface area contributed by atoms with Crippen LogP contribution in [0.1, 0.15) is 36.0 Å². The van der Waals surface area contributed by atoms with E-state index in [9.17, 15) is 0 Å². The van der Waals surface area contributed by atoms with Crippen molar-refractivity contribution in [2.45, 2.75) is 33.1 Å². The van der Waals surface area contributed by atoms with E-state index in [1.807, 2.05) is 19.1 Å². The number of ether oxygens (including phenoxy) is 2. The molecule has 0 aliphatic carbocycles. The van der Waals surface area contributed by atoms with Crippen LogP contribution in [0, 0.1) is 13.8 Å². The van der Waals surface area contributed by atoms with Gasteiger partial charge in [-0.2, -0.15) is 0 Å². The largest absolute Gasteiger partial charge is 0.494 e. The Morgan fingerprint density at radius 3 is 2.39 bits per heavy atom. The zero-order chi connectivity index (χ0) is 16.7. The summed E-state index contributed by atoms with van der Waals surface area (Å²) in [5, 5.41) is 0. The maximum absolute atomic E-state index is 5.95. The smallest absolute Gasteiger partial charge is 0.122 e. The molecule has 0 aliphatic rings. The Balaban J connectivity index is 1.93. The summed E-state index contributed by atoms with van der Waals surface area (Å²) in [4.78, 5) is 0. The van der Waals surface area contributed by atoms with Crippen LogP contribution in [0.15, 0.2) is 42.5 Å². The molecule has 3 nitrogen and oxygen atoms in total. The first-order valence-electron chi connectivity index (χ1n) is 8.27. The topological polar surface area (TPSA) is 44.5 Å². The maximum atomic E-state index is 5.95. The Hall–Kier alpha value is -2.00. The predicted molar refractivity (Wildman–Crippen MR) is 95.4 cm³/mol. The normalized spacial score (nSPS) is 12.0. The number of hydrogen-bond donors (Lipinski definition) is 1. The molecule has 0 saturated carbocycles. The SMILES string of the molecule is CCOc1ccc(C(CN)CCOc2cc(C)ccc2C)cc1. The highest BCUT2D eigenvalue weighted by atomic mass is 16.5. The molecule has 0 radical (unpaired) electrons. The van der Waals surface area contributed by atoms with Crippen LogP contribution in [0.2, 0.25) is 0 Å². The molecule has 2 rings (SSSR count). The number of aryl methyl sites for hydroxylation is 2. The van der Waals surface area contributed by atoms with Crippen LogP contribution in [-0.4, -0.2) is 19.8 Å². The highest BCUT2D eigenvalue weighted by molar-refractivity contribution is 5.36. The molecule has 3 heteroatoms. The zero-order valence-corrected chi connectivity index (χ0v) is 14.3. The van der Waals surface area contributed by atoms with Gasteiger partial charge in [0.1, 0.15) is 11.5 Å². The van der Waals surface area contributed by atoms with E-state index in [0.29, 0.717) is 25.7 Å². The molecule has 0 spiro atoms. The van der Waals surface area contributed by atoms with Gasteiger partial charge in [0.05, 0.1) is 13.2 Å². The van der Waals surface area contributed by atoms with Gasteiger partial charge in [0.25, 0.3) is 0 Å². The molecule has 0 aromatic heterocycles. The molecule has 0 heterocycles. The fourth-order valence-electron chi connectivity index (χ4n) is 2.60. The molecule has 0 aliphatic heterocycles. The molecule has 2 N–H and O–H groups in total. The van der Waals surface area contributed by atoms with Crippen LogP contribution in [0.4, 0.5) is 0 Å². The van der Waals surface area contributed by atoms with Crippen molar-refractivity contribution in [1.82, 2.24) is 0 Å². The molecule has 1 atom stereocenters. The molecule has 0 saturated heterocycles. The van der Waals surface area contributed by atoms with Crippen LogP contribution in [0.5, 0.6) is 11.5 Å². The van der Waals surface area contributed by atoms with E-state index < -0.39 is 0 Å². The number of hydrogen-bond acceptors (Lipinski definition) is 3. The molecule has 0 amide bonds. The Labute approximate surface area is 139 Å². The summed E-state index contributed by atoms with van der Waals surface area (Å²) < 4.78 is 11.4. The summed E-state index contributed by atoms with van der Waals surface area (Å²) in [6.45, 7) is 8.10. The Kier molecular flexibility index (Phi) is 6.48. The lowest BCUT2D eigenvalue weighted by atomic mass is 9.96. The number of rotatable bonds is 8. The maximum Gasteiger partial charge on any atom is 0.122 e. The van der Waals surface area contributed by atoms with Crippen molar-refractivity contribution in [3.63, 3.8) is 0 Å². The molecular formula is C20H27NO2. The quantitative estimate of drug-likeness (QED) is 0.794. The summed E-state index contributed by atoms with van der Waals surface area (Å²) in [6, 6.07) is 14.5. The van der Waals surface area contributed by atoms with E-state index in [1.165, 1.54) is 16.7 Å². The monoisotopic (exact) mass is 313 g/mol. The van der Waals surface area contributed by atoms with Crippen molar-refractivity contribution in [3.8, 4) is 11.5 Å². The molecule has 1 unspecified atom stereocenters. The second-order valence-corrected chi connectivity index (χ2v) is 5.84. The summed E-state index contributed by atoms with van der Waals surface area (Å²) in [5.41, 5.74) is 9.57. The first kappa shape index (κ1) is 17.4. The minimum Gasteiger partial charge on any atom is -0.494 e. The Bertz CT molecular complexity index is 608. The molecular weight excluding hydrogens is 286 g/mol. The summed E-state index contributed by atoms with van der Waals surface area (Å²) in [7, 11) is 0. The van der Waals surface area contributed by atoms with Crippen LogP contribution >= 0.6 is 0 Å².